The quantitative estimate of drug-likeness (QED) is 0.777. The van der Waals surface area contributed by atoms with Crippen LogP contribution in [0.15, 0.2) is 33.4 Å². The van der Waals surface area contributed by atoms with Crippen LogP contribution in [-0.2, 0) is 14.8 Å². The lowest BCUT2D eigenvalue weighted by Gasteiger charge is -2.32. The lowest BCUT2D eigenvalue weighted by Crippen LogP contribution is -2.47. The van der Waals surface area contributed by atoms with Gasteiger partial charge >= 0.3 is 0 Å². The fraction of sp³-hybridized carbons (Fsp3) is 0.632. The monoisotopic (exact) mass is 396 g/mol. The van der Waals surface area contributed by atoms with Gasteiger partial charge in [0.15, 0.2) is 0 Å². The molecular weight excluding hydrogens is 368 g/mol. The fourth-order valence-electron chi connectivity index (χ4n) is 3.93. The molecule has 144 valence electrons. The van der Waals surface area contributed by atoms with Crippen molar-refractivity contribution in [3.05, 3.63) is 29.2 Å². The van der Waals surface area contributed by atoms with Crippen LogP contribution in [0.5, 0.6) is 0 Å². The van der Waals surface area contributed by atoms with E-state index in [0.29, 0.717) is 36.1 Å². The largest absolute Gasteiger partial charge is 0.342 e. The molecule has 3 rings (SSSR count). The molecule has 1 aromatic heterocycles. The van der Waals surface area contributed by atoms with Crippen LogP contribution < -0.4 is 4.72 Å². The molecule has 2 fully saturated rings. The van der Waals surface area contributed by atoms with E-state index in [1.807, 2.05) is 4.90 Å². The maximum Gasteiger partial charge on any atom is 0.250 e. The van der Waals surface area contributed by atoms with Gasteiger partial charge in [-0.15, -0.1) is 11.3 Å². The van der Waals surface area contributed by atoms with Crippen molar-refractivity contribution < 1.29 is 13.2 Å². The van der Waals surface area contributed by atoms with E-state index < -0.39 is 10.0 Å². The second-order valence-electron chi connectivity index (χ2n) is 8.22. The molecule has 7 heteroatoms. The van der Waals surface area contributed by atoms with Crippen LogP contribution in [0.3, 0.4) is 0 Å². The summed E-state index contributed by atoms with van der Waals surface area (Å²) in [6.07, 6.45) is 3.54. The molecule has 1 amide bonds. The number of amides is 1. The number of likely N-dealkylation sites (tertiary alicyclic amines) is 1. The van der Waals surface area contributed by atoms with Gasteiger partial charge in [0.25, 0.3) is 0 Å². The molecule has 5 nitrogen and oxygen atoms in total. The van der Waals surface area contributed by atoms with E-state index in [1.165, 1.54) is 16.9 Å². The summed E-state index contributed by atoms with van der Waals surface area (Å²) in [5, 5.41) is 1.76. The number of rotatable bonds is 5. The Kier molecular flexibility index (Phi) is 5.34. The van der Waals surface area contributed by atoms with Gasteiger partial charge < -0.3 is 4.90 Å². The average molecular weight is 397 g/mol. The van der Waals surface area contributed by atoms with E-state index in [-0.39, 0.29) is 23.3 Å². The molecule has 1 saturated carbocycles. The van der Waals surface area contributed by atoms with Crippen molar-refractivity contribution in [1.82, 2.24) is 9.62 Å². The first-order valence-electron chi connectivity index (χ1n) is 9.12. The van der Waals surface area contributed by atoms with Gasteiger partial charge in [0.2, 0.25) is 15.9 Å². The van der Waals surface area contributed by atoms with E-state index in [2.05, 4.69) is 38.5 Å². The van der Waals surface area contributed by atoms with Crippen molar-refractivity contribution >= 4 is 27.3 Å². The van der Waals surface area contributed by atoms with Crippen LogP contribution in [0.25, 0.3) is 0 Å². The minimum Gasteiger partial charge on any atom is -0.342 e. The highest BCUT2D eigenvalue weighted by atomic mass is 32.2. The molecule has 0 bridgehead atoms. The Bertz CT molecular complexity index is 785. The molecule has 0 spiro atoms. The number of allylic oxidation sites excluding steroid dienone is 2. The zero-order valence-corrected chi connectivity index (χ0v) is 17.5. The highest BCUT2D eigenvalue weighted by Crippen LogP contribution is 2.60. The topological polar surface area (TPSA) is 66.5 Å². The molecule has 0 radical (unpaired) electrons. The van der Waals surface area contributed by atoms with Gasteiger partial charge in [-0.2, -0.15) is 0 Å². The van der Waals surface area contributed by atoms with E-state index in [9.17, 15) is 13.2 Å². The van der Waals surface area contributed by atoms with E-state index >= 15 is 0 Å². The zero-order valence-electron chi connectivity index (χ0n) is 15.9. The highest BCUT2D eigenvalue weighted by molar-refractivity contribution is 7.91. The third-order valence-electron chi connectivity index (χ3n) is 5.58. The van der Waals surface area contributed by atoms with Crippen molar-refractivity contribution in [2.75, 3.05) is 13.1 Å². The fourth-order valence-corrected chi connectivity index (χ4v) is 6.24. The summed E-state index contributed by atoms with van der Waals surface area (Å²) in [7, 11) is -3.44. The van der Waals surface area contributed by atoms with Crippen LogP contribution in [-0.4, -0.2) is 38.4 Å². The van der Waals surface area contributed by atoms with Gasteiger partial charge in [0, 0.05) is 19.1 Å². The summed E-state index contributed by atoms with van der Waals surface area (Å²) in [6, 6.07) is 3.25. The van der Waals surface area contributed by atoms with E-state index in [1.54, 1.807) is 17.5 Å². The Balaban J connectivity index is 1.56. The smallest absolute Gasteiger partial charge is 0.250 e. The zero-order chi connectivity index (χ0) is 19.1. The first-order valence-corrected chi connectivity index (χ1v) is 11.5. The number of hydrogen-bond donors (Lipinski definition) is 1. The summed E-state index contributed by atoms with van der Waals surface area (Å²) in [5.74, 6) is 0.587. The molecule has 2 heterocycles. The highest BCUT2D eigenvalue weighted by Gasteiger charge is 2.61. The molecule has 0 aromatic carbocycles. The lowest BCUT2D eigenvalue weighted by atomic mass is 10.0. The number of nitrogens with zero attached hydrogens (tertiary/aromatic N) is 1. The van der Waals surface area contributed by atoms with E-state index in [4.69, 9.17) is 0 Å². The van der Waals surface area contributed by atoms with Crippen molar-refractivity contribution in [2.24, 2.45) is 17.3 Å². The first kappa shape index (κ1) is 19.6. The number of piperidine rings is 1. The standard InChI is InChI=1S/C19H28N2O3S2/c1-13(2)12-15-17(19(15,3)4)18(22)21-9-7-14(8-10-21)20-26(23,24)16-6-5-11-25-16/h5-6,11-12,14-15,17,20H,7-10H2,1-4H3/t15-,17+/m0/s1. The van der Waals surface area contributed by atoms with Crippen molar-refractivity contribution in [3.8, 4) is 0 Å². The number of nitrogens with one attached hydrogen (secondary N) is 1. The number of sulfonamides is 1. The Labute approximate surface area is 160 Å². The van der Waals surface area contributed by atoms with Crippen LogP contribution >= 0.6 is 11.3 Å². The third kappa shape index (κ3) is 3.89. The first-order chi connectivity index (χ1) is 12.1. The number of carbonyl (C=O) groups excluding carboxylic acids is 1. The van der Waals surface area contributed by atoms with Crippen molar-refractivity contribution in [3.63, 3.8) is 0 Å². The molecule has 1 N–H and O–H groups in total. The molecule has 1 aromatic rings. The van der Waals surface area contributed by atoms with Crippen LogP contribution in [0.1, 0.15) is 40.5 Å². The molecule has 1 aliphatic heterocycles. The van der Waals surface area contributed by atoms with E-state index in [0.717, 1.165) is 0 Å². The molecular formula is C19H28N2O3S2. The van der Waals surface area contributed by atoms with Crippen LogP contribution in [0.4, 0.5) is 0 Å². The SMILES string of the molecule is CC(C)=C[C@H]1[C@H](C(=O)N2CCC(NS(=O)(=O)c3cccs3)CC2)C1(C)C. The summed E-state index contributed by atoms with van der Waals surface area (Å²) in [6.45, 7) is 9.68. The summed E-state index contributed by atoms with van der Waals surface area (Å²) in [4.78, 5) is 14.8. The molecule has 26 heavy (non-hydrogen) atoms. The Hall–Kier alpha value is -1.18. The van der Waals surface area contributed by atoms with Crippen molar-refractivity contribution in [2.45, 2.75) is 50.8 Å². The Morgan fingerprint density at radius 1 is 1.31 bits per heavy atom. The molecule has 0 unspecified atom stereocenters. The maximum absolute atomic E-state index is 12.9. The number of hydrogen-bond acceptors (Lipinski definition) is 4. The number of carbonyl (C=O) groups is 1. The molecule has 2 atom stereocenters. The number of thiophene rings is 1. The summed E-state index contributed by atoms with van der Waals surface area (Å²) < 4.78 is 27.8. The minimum atomic E-state index is -3.44. The van der Waals surface area contributed by atoms with Gasteiger partial charge in [0.1, 0.15) is 4.21 Å². The van der Waals surface area contributed by atoms with Gasteiger partial charge in [0.05, 0.1) is 5.92 Å². The van der Waals surface area contributed by atoms with Crippen LogP contribution in [0.2, 0.25) is 0 Å². The second-order valence-corrected chi connectivity index (χ2v) is 11.1. The second kappa shape index (κ2) is 7.09. The summed E-state index contributed by atoms with van der Waals surface area (Å²) >= 11 is 1.22. The molecule has 2 aliphatic rings. The average Bonchev–Trinajstić information content (AvgIpc) is 2.96. The third-order valence-corrected chi connectivity index (χ3v) is 8.50. The predicted molar refractivity (Wildman–Crippen MR) is 104 cm³/mol. The van der Waals surface area contributed by atoms with Gasteiger partial charge in [-0.25, -0.2) is 13.1 Å². The Morgan fingerprint density at radius 3 is 2.50 bits per heavy atom. The van der Waals surface area contributed by atoms with Gasteiger partial charge in [-0.1, -0.05) is 31.6 Å². The van der Waals surface area contributed by atoms with Crippen molar-refractivity contribution in [1.29, 1.82) is 0 Å². The minimum absolute atomic E-state index is 0.0198. The van der Waals surface area contributed by atoms with Gasteiger partial charge in [-0.05, 0) is 49.5 Å². The predicted octanol–water partition coefficient (Wildman–Crippen LogP) is 3.26. The Morgan fingerprint density at radius 2 is 1.96 bits per heavy atom. The molecule has 1 aliphatic carbocycles. The summed E-state index contributed by atoms with van der Waals surface area (Å²) in [5.41, 5.74) is 1.27. The normalized spacial score (nSPS) is 25.8. The van der Waals surface area contributed by atoms with Crippen LogP contribution in [0, 0.1) is 17.3 Å². The molecule has 1 saturated heterocycles. The maximum atomic E-state index is 12.9. The lowest BCUT2D eigenvalue weighted by molar-refractivity contribution is -0.134. The van der Waals surface area contributed by atoms with Gasteiger partial charge in [-0.3, -0.25) is 4.79 Å².